The van der Waals surface area contributed by atoms with Gasteiger partial charge in [0.15, 0.2) is 0 Å². The van der Waals surface area contributed by atoms with Gasteiger partial charge in [-0.3, -0.25) is 14.4 Å². The number of nitrogens with zero attached hydrogens (tertiary/aromatic N) is 4. The van der Waals surface area contributed by atoms with E-state index in [-0.39, 0.29) is 18.7 Å². The van der Waals surface area contributed by atoms with Crippen LogP contribution < -0.4 is 20.0 Å². The molecule has 0 aliphatic carbocycles. The lowest BCUT2D eigenvalue weighted by Gasteiger charge is -2.39. The molecule has 0 saturated carbocycles. The SMILES string of the molecule is CNC(=O)CCC(C=O)N(C=O)c1cccc(N2CCC(CC3CCN(C=O)CC3)CC2)c1N(C)C. The Bertz CT molecular complexity index is 892. The van der Waals surface area contributed by atoms with E-state index in [1.807, 2.05) is 36.0 Å². The fourth-order valence-electron chi connectivity index (χ4n) is 5.61. The number of carbonyl (C=O) groups is 4. The Morgan fingerprint density at radius 3 is 2.22 bits per heavy atom. The Morgan fingerprint density at radius 2 is 1.69 bits per heavy atom. The van der Waals surface area contributed by atoms with Crippen molar-refractivity contribution in [3.63, 3.8) is 0 Å². The number of aldehydes is 1. The van der Waals surface area contributed by atoms with Crippen LogP contribution in [0.4, 0.5) is 17.1 Å². The number of benzene rings is 1. The first-order valence-corrected chi connectivity index (χ1v) is 13.1. The van der Waals surface area contributed by atoms with Crippen LogP contribution in [0.25, 0.3) is 0 Å². The Kier molecular flexibility index (Phi) is 10.1. The number of amides is 3. The van der Waals surface area contributed by atoms with Crippen molar-refractivity contribution in [2.45, 2.75) is 51.0 Å². The minimum absolute atomic E-state index is 0.161. The van der Waals surface area contributed by atoms with Gasteiger partial charge in [-0.05, 0) is 62.5 Å². The summed E-state index contributed by atoms with van der Waals surface area (Å²) >= 11 is 0. The van der Waals surface area contributed by atoms with Crippen LogP contribution in [0.5, 0.6) is 0 Å². The first-order valence-electron chi connectivity index (χ1n) is 13.1. The fourth-order valence-corrected chi connectivity index (χ4v) is 5.61. The van der Waals surface area contributed by atoms with Crippen LogP contribution in [0, 0.1) is 11.8 Å². The van der Waals surface area contributed by atoms with Gasteiger partial charge in [-0.1, -0.05) is 6.07 Å². The highest BCUT2D eigenvalue weighted by molar-refractivity contribution is 5.94. The molecule has 3 rings (SSSR count). The smallest absolute Gasteiger partial charge is 0.219 e. The third-order valence-electron chi connectivity index (χ3n) is 7.71. The van der Waals surface area contributed by atoms with Gasteiger partial charge in [0.1, 0.15) is 6.29 Å². The fraction of sp³-hybridized carbons (Fsp3) is 0.630. The van der Waals surface area contributed by atoms with Crippen molar-refractivity contribution in [1.29, 1.82) is 0 Å². The monoisotopic (exact) mass is 499 g/mol. The summed E-state index contributed by atoms with van der Waals surface area (Å²) in [7, 11) is 5.46. The Hall–Kier alpha value is -3.10. The van der Waals surface area contributed by atoms with Gasteiger partial charge < -0.3 is 29.7 Å². The molecule has 0 radical (unpaired) electrons. The summed E-state index contributed by atoms with van der Waals surface area (Å²) < 4.78 is 0. The van der Waals surface area contributed by atoms with Crippen LogP contribution in [0.1, 0.15) is 44.9 Å². The molecule has 0 aromatic heterocycles. The highest BCUT2D eigenvalue weighted by Crippen LogP contribution is 2.40. The number of hydrogen-bond acceptors (Lipinski definition) is 6. The van der Waals surface area contributed by atoms with E-state index in [1.165, 1.54) is 11.3 Å². The summed E-state index contributed by atoms with van der Waals surface area (Å²) in [5.41, 5.74) is 2.62. The number of anilines is 3. The second-order valence-corrected chi connectivity index (χ2v) is 10.2. The standard InChI is InChI=1S/C27H41N5O4/c1-28-26(36)8-7-23(18-33)32(20-35)25-6-4-5-24(27(25)29(2)3)31-15-11-22(12-16-31)17-21-9-13-30(19-34)14-10-21/h4-6,18-23H,7-17H2,1-3H3,(H,28,36). The molecule has 9 nitrogen and oxygen atoms in total. The largest absolute Gasteiger partial charge is 0.374 e. The maximum Gasteiger partial charge on any atom is 0.219 e. The maximum absolute atomic E-state index is 12.2. The minimum atomic E-state index is -0.717. The van der Waals surface area contributed by atoms with Gasteiger partial charge in [0, 0.05) is 53.7 Å². The summed E-state index contributed by atoms with van der Waals surface area (Å²) in [4.78, 5) is 54.5. The average molecular weight is 500 g/mol. The van der Waals surface area contributed by atoms with Gasteiger partial charge in [0.05, 0.1) is 23.1 Å². The number of likely N-dealkylation sites (tertiary alicyclic amines) is 1. The lowest BCUT2D eigenvalue weighted by Crippen LogP contribution is -2.39. The predicted molar refractivity (Wildman–Crippen MR) is 142 cm³/mol. The van der Waals surface area contributed by atoms with Crippen molar-refractivity contribution < 1.29 is 19.2 Å². The first-order chi connectivity index (χ1) is 17.4. The van der Waals surface area contributed by atoms with E-state index < -0.39 is 6.04 Å². The summed E-state index contributed by atoms with van der Waals surface area (Å²) in [5.74, 6) is 1.23. The third kappa shape index (κ3) is 6.77. The van der Waals surface area contributed by atoms with Gasteiger partial charge >= 0.3 is 0 Å². The zero-order chi connectivity index (χ0) is 26.1. The Labute approximate surface area is 214 Å². The van der Waals surface area contributed by atoms with Gasteiger partial charge in [-0.25, -0.2) is 0 Å². The van der Waals surface area contributed by atoms with E-state index in [1.54, 1.807) is 7.05 Å². The van der Waals surface area contributed by atoms with Gasteiger partial charge in [-0.15, -0.1) is 0 Å². The number of rotatable bonds is 12. The van der Waals surface area contributed by atoms with Crippen molar-refractivity contribution in [2.75, 3.05) is 62.0 Å². The van der Waals surface area contributed by atoms with Crippen LogP contribution in [-0.4, -0.2) is 83.3 Å². The van der Waals surface area contributed by atoms with Crippen molar-refractivity contribution in [1.82, 2.24) is 10.2 Å². The molecule has 2 saturated heterocycles. The normalized spacial score (nSPS) is 17.9. The van der Waals surface area contributed by atoms with Crippen molar-refractivity contribution >= 4 is 42.1 Å². The number of hydrogen-bond donors (Lipinski definition) is 1. The average Bonchev–Trinajstić information content (AvgIpc) is 2.91. The molecular weight excluding hydrogens is 458 g/mol. The predicted octanol–water partition coefficient (Wildman–Crippen LogP) is 2.28. The molecule has 198 valence electrons. The zero-order valence-corrected chi connectivity index (χ0v) is 21.9. The second-order valence-electron chi connectivity index (χ2n) is 10.2. The van der Waals surface area contributed by atoms with Gasteiger partial charge in [0.25, 0.3) is 0 Å². The van der Waals surface area contributed by atoms with Crippen molar-refractivity contribution in [2.24, 2.45) is 11.8 Å². The molecule has 1 unspecified atom stereocenters. The summed E-state index contributed by atoms with van der Waals surface area (Å²) in [6, 6.07) is 5.16. The molecule has 3 amide bonds. The summed E-state index contributed by atoms with van der Waals surface area (Å²) in [6.45, 7) is 3.64. The molecule has 2 heterocycles. The third-order valence-corrected chi connectivity index (χ3v) is 7.71. The van der Waals surface area contributed by atoms with E-state index >= 15 is 0 Å². The van der Waals surface area contributed by atoms with E-state index in [9.17, 15) is 19.2 Å². The second kappa shape index (κ2) is 13.3. The van der Waals surface area contributed by atoms with E-state index in [4.69, 9.17) is 0 Å². The van der Waals surface area contributed by atoms with Crippen LogP contribution in [0.2, 0.25) is 0 Å². The van der Waals surface area contributed by atoms with Gasteiger partial charge in [0.2, 0.25) is 18.7 Å². The molecule has 1 aromatic carbocycles. The van der Waals surface area contributed by atoms with E-state index in [0.717, 1.165) is 75.9 Å². The number of nitrogens with one attached hydrogen (secondary N) is 1. The topological polar surface area (TPSA) is 93.3 Å². The first kappa shape index (κ1) is 27.5. The summed E-state index contributed by atoms with van der Waals surface area (Å²) in [5, 5.41) is 2.56. The van der Waals surface area contributed by atoms with Crippen molar-refractivity contribution in [3.05, 3.63) is 18.2 Å². The Balaban J connectivity index is 1.71. The highest BCUT2D eigenvalue weighted by atomic mass is 16.2. The maximum atomic E-state index is 12.2. The molecule has 2 fully saturated rings. The molecule has 2 aliphatic heterocycles. The quantitative estimate of drug-likeness (QED) is 0.444. The minimum Gasteiger partial charge on any atom is -0.374 e. The Morgan fingerprint density at radius 1 is 1.06 bits per heavy atom. The molecule has 2 aliphatic rings. The van der Waals surface area contributed by atoms with E-state index in [2.05, 4.69) is 16.3 Å². The van der Waals surface area contributed by atoms with E-state index in [0.29, 0.717) is 23.9 Å². The van der Waals surface area contributed by atoms with Gasteiger partial charge in [-0.2, -0.15) is 0 Å². The van der Waals surface area contributed by atoms with Crippen LogP contribution in [-0.2, 0) is 19.2 Å². The molecule has 1 N–H and O–H groups in total. The number of para-hydroxylation sites is 1. The molecule has 1 atom stereocenters. The number of piperidine rings is 2. The molecule has 1 aromatic rings. The molecule has 36 heavy (non-hydrogen) atoms. The number of carbonyl (C=O) groups excluding carboxylic acids is 4. The lowest BCUT2D eigenvalue weighted by molar-refractivity contribution is -0.121. The molecule has 9 heteroatoms. The van der Waals surface area contributed by atoms with Crippen molar-refractivity contribution in [3.8, 4) is 0 Å². The van der Waals surface area contributed by atoms with Crippen LogP contribution in [0.3, 0.4) is 0 Å². The van der Waals surface area contributed by atoms with Crippen LogP contribution in [0.15, 0.2) is 18.2 Å². The van der Waals surface area contributed by atoms with Crippen LogP contribution >= 0.6 is 0 Å². The molecule has 0 bridgehead atoms. The molecule has 0 spiro atoms. The zero-order valence-electron chi connectivity index (χ0n) is 21.9. The lowest BCUT2D eigenvalue weighted by atomic mass is 9.83. The highest BCUT2D eigenvalue weighted by Gasteiger charge is 2.29. The molecular formula is C27H41N5O4. The summed E-state index contributed by atoms with van der Waals surface area (Å²) in [6.07, 6.45) is 8.50.